The van der Waals surface area contributed by atoms with Crippen LogP contribution in [0.25, 0.3) is 0 Å². The first kappa shape index (κ1) is 20.9. The van der Waals surface area contributed by atoms with E-state index in [0.717, 1.165) is 16.7 Å². The van der Waals surface area contributed by atoms with E-state index in [1.165, 1.54) is 0 Å². The number of hydrogen-bond acceptors (Lipinski definition) is 4. The Hall–Kier alpha value is -1.11. The average Bonchev–Trinajstić information content (AvgIpc) is 2.97. The second-order valence-corrected chi connectivity index (χ2v) is 6.00. The number of hydrogen-bond donors (Lipinski definition) is 3. The first-order valence-electron chi connectivity index (χ1n) is 7.14. The highest BCUT2D eigenvalue weighted by molar-refractivity contribution is 14.0. The molecule has 0 spiro atoms. The number of carbonyl (C=O) groups excluding carboxylic acids is 1. The van der Waals surface area contributed by atoms with Gasteiger partial charge in [0.1, 0.15) is 0 Å². The number of carbonyl (C=O) groups is 1. The lowest BCUT2D eigenvalue weighted by molar-refractivity contribution is -0.140. The molecule has 1 aromatic heterocycles. The maximum Gasteiger partial charge on any atom is 0.434 e. The molecule has 1 fully saturated rings. The molecule has 3 N–H and O–H groups in total. The fourth-order valence-electron chi connectivity index (χ4n) is 2.09. The van der Waals surface area contributed by atoms with Crippen LogP contribution in [0, 0.1) is 0 Å². The maximum atomic E-state index is 12.5. The van der Waals surface area contributed by atoms with Gasteiger partial charge < -0.3 is 16.0 Å². The van der Waals surface area contributed by atoms with E-state index < -0.39 is 11.9 Å². The van der Waals surface area contributed by atoms with Crippen LogP contribution in [-0.2, 0) is 17.4 Å². The molecule has 1 saturated heterocycles. The smallest absolute Gasteiger partial charge is 0.356 e. The van der Waals surface area contributed by atoms with Gasteiger partial charge in [0.2, 0.25) is 5.91 Å². The number of aromatic nitrogens is 1. The molecular weight excluding hydrogens is 458 g/mol. The van der Waals surface area contributed by atoms with Crippen LogP contribution in [0.5, 0.6) is 0 Å². The summed E-state index contributed by atoms with van der Waals surface area (Å²) in [4.78, 5) is 18.7. The molecule has 1 unspecified atom stereocenters. The molecule has 1 aromatic rings. The number of guanidine groups is 1. The zero-order valence-electron chi connectivity index (χ0n) is 12.9. The van der Waals surface area contributed by atoms with E-state index in [1.54, 1.807) is 7.05 Å². The third-order valence-corrected chi connectivity index (χ3v) is 4.21. The lowest BCUT2D eigenvalue weighted by Gasteiger charge is -2.25. The molecule has 24 heavy (non-hydrogen) atoms. The monoisotopic (exact) mass is 477 g/mol. The minimum absolute atomic E-state index is 0. The molecule has 0 aromatic carbocycles. The van der Waals surface area contributed by atoms with Crippen molar-refractivity contribution in [2.75, 3.05) is 20.1 Å². The van der Waals surface area contributed by atoms with Gasteiger partial charge in [-0.1, -0.05) is 0 Å². The van der Waals surface area contributed by atoms with Crippen LogP contribution in [0.3, 0.4) is 0 Å². The summed E-state index contributed by atoms with van der Waals surface area (Å²) in [5.41, 5.74) is -0.849. The second kappa shape index (κ2) is 9.39. The Morgan fingerprint density at radius 3 is 2.83 bits per heavy atom. The van der Waals surface area contributed by atoms with Gasteiger partial charge >= 0.3 is 6.18 Å². The number of amides is 1. The molecule has 2 rings (SSSR count). The highest BCUT2D eigenvalue weighted by Gasteiger charge is 2.33. The van der Waals surface area contributed by atoms with Crippen molar-refractivity contribution in [2.45, 2.75) is 31.5 Å². The van der Waals surface area contributed by atoms with Crippen molar-refractivity contribution in [3.63, 3.8) is 0 Å². The van der Waals surface area contributed by atoms with E-state index in [2.05, 4.69) is 25.9 Å². The predicted molar refractivity (Wildman–Crippen MR) is 96.8 cm³/mol. The van der Waals surface area contributed by atoms with Gasteiger partial charge in [-0.15, -0.1) is 35.3 Å². The summed E-state index contributed by atoms with van der Waals surface area (Å²) in [5, 5.41) is 10.4. The molecule has 2 heterocycles. The fourth-order valence-corrected chi connectivity index (χ4v) is 2.89. The summed E-state index contributed by atoms with van der Waals surface area (Å²) in [7, 11) is 1.61. The Morgan fingerprint density at radius 2 is 2.29 bits per heavy atom. The Kier molecular flexibility index (Phi) is 8.19. The Bertz CT molecular complexity index is 568. The number of nitrogens with zero attached hydrogens (tertiary/aromatic N) is 2. The van der Waals surface area contributed by atoms with Crippen LogP contribution in [0.4, 0.5) is 13.2 Å². The largest absolute Gasteiger partial charge is 0.434 e. The first-order chi connectivity index (χ1) is 10.9. The standard InChI is InChI=1S/C13H18F3N5OS.HI/c1-17-12(20-8-2-3-10(22)19-6-8)18-5-4-11-21-9(7-23-11)13(14,15)16;/h7-8H,2-6H2,1H3,(H,19,22)(H2,17,18,20);1H. The third kappa shape index (κ3) is 6.42. The quantitative estimate of drug-likeness (QED) is 0.351. The van der Waals surface area contributed by atoms with Crippen molar-refractivity contribution in [2.24, 2.45) is 4.99 Å². The summed E-state index contributed by atoms with van der Waals surface area (Å²) in [6.07, 6.45) is -2.84. The highest BCUT2D eigenvalue weighted by atomic mass is 127. The van der Waals surface area contributed by atoms with E-state index in [1.807, 2.05) is 0 Å². The molecule has 1 amide bonds. The van der Waals surface area contributed by atoms with Gasteiger partial charge in [-0.3, -0.25) is 9.79 Å². The van der Waals surface area contributed by atoms with Crippen LogP contribution in [0.1, 0.15) is 23.5 Å². The maximum absolute atomic E-state index is 12.5. The van der Waals surface area contributed by atoms with Gasteiger partial charge in [0, 0.05) is 44.4 Å². The minimum atomic E-state index is -4.40. The van der Waals surface area contributed by atoms with Gasteiger partial charge in [0.25, 0.3) is 0 Å². The van der Waals surface area contributed by atoms with E-state index in [-0.39, 0.29) is 35.9 Å². The Labute approximate surface area is 158 Å². The number of aliphatic imine (C=N–C) groups is 1. The van der Waals surface area contributed by atoms with Crippen molar-refractivity contribution in [1.82, 2.24) is 20.9 Å². The van der Waals surface area contributed by atoms with E-state index in [4.69, 9.17) is 0 Å². The molecule has 0 bridgehead atoms. The number of nitrogens with one attached hydrogen (secondary N) is 3. The van der Waals surface area contributed by atoms with Gasteiger partial charge in [0.05, 0.1) is 5.01 Å². The van der Waals surface area contributed by atoms with Crippen molar-refractivity contribution < 1.29 is 18.0 Å². The van der Waals surface area contributed by atoms with Crippen LogP contribution in [0.2, 0.25) is 0 Å². The molecule has 1 aliphatic rings. The summed E-state index contributed by atoms with van der Waals surface area (Å²) < 4.78 is 37.4. The zero-order chi connectivity index (χ0) is 16.9. The normalized spacial score (nSPS) is 18.6. The number of alkyl halides is 3. The van der Waals surface area contributed by atoms with Crippen molar-refractivity contribution >= 4 is 47.2 Å². The second-order valence-electron chi connectivity index (χ2n) is 5.06. The molecule has 0 radical (unpaired) electrons. The van der Waals surface area contributed by atoms with Crippen molar-refractivity contribution in [1.29, 1.82) is 0 Å². The van der Waals surface area contributed by atoms with E-state index >= 15 is 0 Å². The van der Waals surface area contributed by atoms with Crippen LogP contribution in [-0.4, -0.2) is 43.0 Å². The summed E-state index contributed by atoms with van der Waals surface area (Å²) >= 11 is 0.993. The van der Waals surface area contributed by atoms with Gasteiger partial charge in [-0.2, -0.15) is 13.2 Å². The van der Waals surface area contributed by atoms with Gasteiger partial charge in [0.15, 0.2) is 11.7 Å². The fraction of sp³-hybridized carbons (Fsp3) is 0.615. The van der Waals surface area contributed by atoms with Gasteiger partial charge in [-0.05, 0) is 6.42 Å². The topological polar surface area (TPSA) is 78.4 Å². The van der Waals surface area contributed by atoms with Gasteiger partial charge in [-0.25, -0.2) is 4.98 Å². The highest BCUT2D eigenvalue weighted by Crippen LogP contribution is 2.29. The van der Waals surface area contributed by atoms with E-state index in [0.29, 0.717) is 43.3 Å². The van der Waals surface area contributed by atoms with Crippen molar-refractivity contribution in [3.05, 3.63) is 16.1 Å². The number of halogens is 4. The van der Waals surface area contributed by atoms with Crippen LogP contribution >= 0.6 is 35.3 Å². The Balaban J connectivity index is 0.00000288. The van der Waals surface area contributed by atoms with Crippen molar-refractivity contribution in [3.8, 4) is 0 Å². The SMILES string of the molecule is CN=C(NCCc1nc(C(F)(F)F)cs1)NC1CCC(=O)NC1.I. The lowest BCUT2D eigenvalue weighted by atomic mass is 10.1. The molecule has 1 aliphatic heterocycles. The summed E-state index contributed by atoms with van der Waals surface area (Å²) in [5.74, 6) is 0.592. The molecule has 1 atom stereocenters. The molecule has 6 nitrogen and oxygen atoms in total. The average molecular weight is 477 g/mol. The third-order valence-electron chi connectivity index (χ3n) is 3.30. The molecule has 0 aliphatic carbocycles. The molecule has 0 saturated carbocycles. The lowest BCUT2D eigenvalue weighted by Crippen LogP contribution is -2.51. The molecule has 11 heteroatoms. The summed E-state index contributed by atoms with van der Waals surface area (Å²) in [6, 6.07) is 0.0931. The zero-order valence-corrected chi connectivity index (χ0v) is 16.1. The van der Waals surface area contributed by atoms with Crippen LogP contribution < -0.4 is 16.0 Å². The Morgan fingerprint density at radius 1 is 1.54 bits per heavy atom. The molecule has 136 valence electrons. The molecular formula is C13H19F3IN5OS. The predicted octanol–water partition coefficient (Wildman–Crippen LogP) is 1.77. The number of thiazole rings is 1. The summed E-state index contributed by atoms with van der Waals surface area (Å²) in [6.45, 7) is 0.949. The number of rotatable bonds is 4. The van der Waals surface area contributed by atoms with Crippen LogP contribution in [0.15, 0.2) is 10.4 Å². The first-order valence-corrected chi connectivity index (χ1v) is 8.02. The number of piperidine rings is 1. The van der Waals surface area contributed by atoms with E-state index in [9.17, 15) is 18.0 Å². The minimum Gasteiger partial charge on any atom is -0.356 e.